The minimum Gasteiger partial charge on any atom is -0.367 e. The normalized spacial score (nSPS) is 16.7. The van der Waals surface area contributed by atoms with E-state index in [0.717, 1.165) is 32.6 Å². The third-order valence-electron chi connectivity index (χ3n) is 2.76. The molecule has 4 heteroatoms. The number of aromatic amines is 1. The molecule has 1 fully saturated rings. The monoisotopic (exact) mass is 207 g/mol. The summed E-state index contributed by atoms with van der Waals surface area (Å²) in [5.74, 6) is 0.276. The zero-order valence-electron chi connectivity index (χ0n) is 8.83. The Kier molecular flexibility index (Phi) is 3.40. The molecule has 2 heterocycles. The number of hydrogen-bond acceptors (Lipinski definition) is 2. The molecule has 1 aliphatic heterocycles. The van der Waals surface area contributed by atoms with Gasteiger partial charge in [0.05, 0.1) is 0 Å². The topological polar surface area (TPSA) is 48.1 Å². The molecule has 0 spiro atoms. The molecule has 15 heavy (non-hydrogen) atoms. The summed E-state index contributed by atoms with van der Waals surface area (Å²) in [4.78, 5) is 16.7. The number of carbonyl (C=O) groups excluding carboxylic acids is 1. The molecule has 1 saturated heterocycles. The summed E-state index contributed by atoms with van der Waals surface area (Å²) in [6.07, 6.45) is 5.31. The van der Waals surface area contributed by atoms with Crippen LogP contribution in [0.4, 0.5) is 0 Å². The van der Waals surface area contributed by atoms with Gasteiger partial charge in [0.1, 0.15) is 0 Å². The summed E-state index contributed by atoms with van der Waals surface area (Å²) in [6, 6.07) is 2.02. The van der Waals surface area contributed by atoms with Crippen molar-refractivity contribution in [2.24, 2.45) is 0 Å². The summed E-state index contributed by atoms with van der Waals surface area (Å²) in [7, 11) is 0. The van der Waals surface area contributed by atoms with Crippen molar-refractivity contribution >= 4 is 5.91 Å². The first kappa shape index (κ1) is 10.2. The predicted molar refractivity (Wildman–Crippen MR) is 58.6 cm³/mol. The number of piperazine rings is 1. The predicted octanol–water partition coefficient (Wildman–Crippen LogP) is 0.379. The van der Waals surface area contributed by atoms with E-state index in [1.807, 2.05) is 23.4 Å². The molecule has 1 aromatic heterocycles. The Hall–Kier alpha value is -1.29. The van der Waals surface area contributed by atoms with Crippen LogP contribution in [-0.4, -0.2) is 42.0 Å². The quantitative estimate of drug-likeness (QED) is 0.752. The Morgan fingerprint density at radius 1 is 1.40 bits per heavy atom. The van der Waals surface area contributed by atoms with Crippen molar-refractivity contribution in [1.82, 2.24) is 15.2 Å². The van der Waals surface area contributed by atoms with E-state index in [-0.39, 0.29) is 5.91 Å². The molecule has 4 nitrogen and oxygen atoms in total. The van der Waals surface area contributed by atoms with Crippen LogP contribution in [-0.2, 0) is 11.2 Å². The van der Waals surface area contributed by atoms with Crippen LogP contribution in [0.3, 0.4) is 0 Å². The number of rotatable bonds is 3. The molecule has 1 amide bonds. The highest BCUT2D eigenvalue weighted by atomic mass is 16.2. The van der Waals surface area contributed by atoms with Gasteiger partial charge in [-0.3, -0.25) is 4.79 Å². The lowest BCUT2D eigenvalue weighted by Gasteiger charge is -2.27. The molecule has 2 rings (SSSR count). The van der Waals surface area contributed by atoms with E-state index in [0.29, 0.717) is 6.42 Å². The maximum Gasteiger partial charge on any atom is 0.222 e. The molecule has 0 atom stereocenters. The second-order valence-electron chi connectivity index (χ2n) is 3.85. The lowest BCUT2D eigenvalue weighted by molar-refractivity contribution is -0.131. The van der Waals surface area contributed by atoms with E-state index in [4.69, 9.17) is 0 Å². The number of aromatic nitrogens is 1. The van der Waals surface area contributed by atoms with Gasteiger partial charge in [0.2, 0.25) is 5.91 Å². The van der Waals surface area contributed by atoms with E-state index in [9.17, 15) is 4.79 Å². The molecular weight excluding hydrogens is 190 g/mol. The van der Waals surface area contributed by atoms with Crippen molar-refractivity contribution in [1.29, 1.82) is 0 Å². The second-order valence-corrected chi connectivity index (χ2v) is 3.85. The molecule has 0 radical (unpaired) electrons. The number of hydrogen-bond donors (Lipinski definition) is 2. The van der Waals surface area contributed by atoms with Crippen LogP contribution < -0.4 is 5.32 Å². The van der Waals surface area contributed by atoms with Gasteiger partial charge < -0.3 is 15.2 Å². The Bertz CT molecular complexity index is 302. The largest absolute Gasteiger partial charge is 0.367 e. The van der Waals surface area contributed by atoms with Gasteiger partial charge in [-0.15, -0.1) is 0 Å². The fourth-order valence-corrected chi connectivity index (χ4v) is 1.84. The number of carbonyl (C=O) groups is 1. The summed E-state index contributed by atoms with van der Waals surface area (Å²) in [5, 5.41) is 3.24. The van der Waals surface area contributed by atoms with Gasteiger partial charge >= 0.3 is 0 Å². The van der Waals surface area contributed by atoms with Gasteiger partial charge in [0.15, 0.2) is 0 Å². The minimum atomic E-state index is 0.276. The molecule has 1 aromatic rings. The maximum atomic E-state index is 11.8. The van der Waals surface area contributed by atoms with E-state index in [1.165, 1.54) is 5.56 Å². The zero-order valence-corrected chi connectivity index (χ0v) is 8.83. The molecule has 0 aliphatic carbocycles. The third kappa shape index (κ3) is 2.83. The number of aryl methyl sites for hydroxylation is 1. The van der Waals surface area contributed by atoms with E-state index >= 15 is 0 Å². The van der Waals surface area contributed by atoms with Crippen LogP contribution in [0.1, 0.15) is 12.0 Å². The maximum absolute atomic E-state index is 11.8. The first-order valence-electron chi connectivity index (χ1n) is 5.46. The Balaban J connectivity index is 1.76. The van der Waals surface area contributed by atoms with E-state index in [1.54, 1.807) is 0 Å². The highest BCUT2D eigenvalue weighted by molar-refractivity contribution is 5.76. The van der Waals surface area contributed by atoms with Crippen molar-refractivity contribution in [3.05, 3.63) is 24.0 Å². The van der Waals surface area contributed by atoms with Gasteiger partial charge in [0.25, 0.3) is 0 Å². The lowest BCUT2D eigenvalue weighted by atomic mass is 10.1. The zero-order chi connectivity index (χ0) is 10.5. The second kappa shape index (κ2) is 4.98. The van der Waals surface area contributed by atoms with Gasteiger partial charge in [-0.25, -0.2) is 0 Å². The summed E-state index contributed by atoms with van der Waals surface area (Å²) >= 11 is 0. The number of amides is 1. The number of nitrogens with zero attached hydrogens (tertiary/aromatic N) is 1. The number of H-pyrrole nitrogens is 1. The van der Waals surface area contributed by atoms with Crippen LogP contribution in [0.5, 0.6) is 0 Å². The van der Waals surface area contributed by atoms with Crippen molar-refractivity contribution in [3.63, 3.8) is 0 Å². The van der Waals surface area contributed by atoms with Gasteiger partial charge in [-0.05, 0) is 18.1 Å². The average molecular weight is 207 g/mol. The summed E-state index contributed by atoms with van der Waals surface area (Å²) in [5.41, 5.74) is 1.21. The van der Waals surface area contributed by atoms with E-state index < -0.39 is 0 Å². The third-order valence-corrected chi connectivity index (χ3v) is 2.76. The first-order chi connectivity index (χ1) is 7.36. The fourth-order valence-electron chi connectivity index (χ4n) is 1.84. The van der Waals surface area contributed by atoms with Crippen LogP contribution >= 0.6 is 0 Å². The fraction of sp³-hybridized carbons (Fsp3) is 0.545. The van der Waals surface area contributed by atoms with Crippen molar-refractivity contribution < 1.29 is 4.79 Å². The Labute approximate surface area is 89.7 Å². The van der Waals surface area contributed by atoms with Gasteiger partial charge in [-0.1, -0.05) is 0 Å². The van der Waals surface area contributed by atoms with E-state index in [2.05, 4.69) is 10.3 Å². The standard InChI is InChI=1S/C11H17N3O/c15-11(14-7-5-12-6-8-14)2-1-10-3-4-13-9-10/h3-4,9,12-13H,1-2,5-8H2. The molecule has 1 aliphatic rings. The molecule has 0 saturated carbocycles. The molecule has 0 unspecified atom stereocenters. The molecular formula is C11H17N3O. The van der Waals surface area contributed by atoms with Gasteiger partial charge in [-0.2, -0.15) is 0 Å². The highest BCUT2D eigenvalue weighted by Gasteiger charge is 2.15. The van der Waals surface area contributed by atoms with Crippen LogP contribution in [0.2, 0.25) is 0 Å². The lowest BCUT2D eigenvalue weighted by Crippen LogP contribution is -2.46. The van der Waals surface area contributed by atoms with Crippen molar-refractivity contribution in [2.45, 2.75) is 12.8 Å². The van der Waals surface area contributed by atoms with Crippen LogP contribution in [0, 0.1) is 0 Å². The van der Waals surface area contributed by atoms with Crippen LogP contribution in [0.25, 0.3) is 0 Å². The molecule has 0 aromatic carbocycles. The average Bonchev–Trinajstić information content (AvgIpc) is 2.80. The first-order valence-corrected chi connectivity index (χ1v) is 5.46. The molecule has 2 N–H and O–H groups in total. The SMILES string of the molecule is O=C(CCc1cc[nH]c1)N1CCNCC1. The Morgan fingerprint density at radius 2 is 2.20 bits per heavy atom. The molecule has 0 bridgehead atoms. The van der Waals surface area contributed by atoms with Crippen molar-refractivity contribution in [3.8, 4) is 0 Å². The highest BCUT2D eigenvalue weighted by Crippen LogP contribution is 2.04. The Morgan fingerprint density at radius 3 is 2.87 bits per heavy atom. The smallest absolute Gasteiger partial charge is 0.222 e. The molecule has 82 valence electrons. The summed E-state index contributed by atoms with van der Waals surface area (Å²) < 4.78 is 0. The van der Waals surface area contributed by atoms with Gasteiger partial charge in [0, 0.05) is 45.0 Å². The van der Waals surface area contributed by atoms with Crippen molar-refractivity contribution in [2.75, 3.05) is 26.2 Å². The minimum absolute atomic E-state index is 0.276. The van der Waals surface area contributed by atoms with Crippen LogP contribution in [0.15, 0.2) is 18.5 Å². The number of nitrogens with one attached hydrogen (secondary N) is 2. The summed E-state index contributed by atoms with van der Waals surface area (Å²) in [6.45, 7) is 3.56.